The fourth-order valence-corrected chi connectivity index (χ4v) is 3.32. The molecule has 18 heavy (non-hydrogen) atoms. The Morgan fingerprint density at radius 2 is 1.83 bits per heavy atom. The summed E-state index contributed by atoms with van der Waals surface area (Å²) < 4.78 is 0. The van der Waals surface area contributed by atoms with Gasteiger partial charge in [-0.1, -0.05) is 25.4 Å². The number of anilines is 1. The highest BCUT2D eigenvalue weighted by Gasteiger charge is 2.30. The van der Waals surface area contributed by atoms with E-state index in [0.717, 1.165) is 12.8 Å². The van der Waals surface area contributed by atoms with E-state index < -0.39 is 0 Å². The normalized spacial score (nSPS) is 28.1. The highest BCUT2D eigenvalue weighted by molar-refractivity contribution is 6.31. The van der Waals surface area contributed by atoms with Crippen LogP contribution < -0.4 is 5.73 Å². The first-order chi connectivity index (χ1) is 8.47. The zero-order valence-corrected chi connectivity index (χ0v) is 11.7. The van der Waals surface area contributed by atoms with E-state index in [-0.39, 0.29) is 11.7 Å². The van der Waals surface area contributed by atoms with Crippen LogP contribution in [0.2, 0.25) is 5.02 Å². The molecule has 3 heteroatoms. The van der Waals surface area contributed by atoms with E-state index in [4.69, 9.17) is 17.3 Å². The summed E-state index contributed by atoms with van der Waals surface area (Å²) in [5.74, 6) is 1.54. The highest BCUT2D eigenvalue weighted by atomic mass is 35.5. The number of carbonyl (C=O) groups is 1. The first-order valence-electron chi connectivity index (χ1n) is 6.56. The van der Waals surface area contributed by atoms with Crippen molar-refractivity contribution in [3.63, 3.8) is 0 Å². The molecule has 1 saturated carbocycles. The molecule has 0 saturated heterocycles. The van der Waals surface area contributed by atoms with Crippen molar-refractivity contribution in [2.75, 3.05) is 5.73 Å². The second-order valence-electron chi connectivity index (χ2n) is 5.71. The third-order valence-corrected chi connectivity index (χ3v) is 4.06. The van der Waals surface area contributed by atoms with Crippen LogP contribution in [0, 0.1) is 17.8 Å². The van der Waals surface area contributed by atoms with E-state index >= 15 is 0 Å². The van der Waals surface area contributed by atoms with Crippen LogP contribution in [0.25, 0.3) is 0 Å². The lowest BCUT2D eigenvalue weighted by Crippen LogP contribution is -2.26. The summed E-state index contributed by atoms with van der Waals surface area (Å²) in [4.78, 5) is 12.5. The van der Waals surface area contributed by atoms with Gasteiger partial charge in [0.15, 0.2) is 5.78 Å². The second kappa shape index (κ2) is 5.31. The van der Waals surface area contributed by atoms with Gasteiger partial charge in [0, 0.05) is 22.2 Å². The lowest BCUT2D eigenvalue weighted by Gasteiger charge is -2.30. The van der Waals surface area contributed by atoms with E-state index in [0.29, 0.717) is 28.1 Å². The lowest BCUT2D eigenvalue weighted by molar-refractivity contribution is 0.0837. The van der Waals surface area contributed by atoms with Crippen LogP contribution in [0.4, 0.5) is 5.69 Å². The predicted octanol–water partition coefficient (Wildman–Crippen LogP) is 4.18. The number of rotatable bonds is 2. The number of hydrogen-bond acceptors (Lipinski definition) is 2. The smallest absolute Gasteiger partial charge is 0.168 e. The minimum Gasteiger partial charge on any atom is -0.398 e. The topological polar surface area (TPSA) is 43.1 Å². The molecule has 2 unspecified atom stereocenters. The van der Waals surface area contributed by atoms with Gasteiger partial charge in [0.1, 0.15) is 0 Å². The first kappa shape index (κ1) is 13.4. The molecule has 1 aromatic carbocycles. The van der Waals surface area contributed by atoms with Crippen LogP contribution in [0.15, 0.2) is 18.2 Å². The van der Waals surface area contributed by atoms with Crippen LogP contribution in [0.1, 0.15) is 43.5 Å². The monoisotopic (exact) mass is 265 g/mol. The Kier molecular flexibility index (Phi) is 3.96. The molecule has 0 amide bonds. The number of carbonyl (C=O) groups excluding carboxylic acids is 1. The Bertz CT molecular complexity index is 448. The van der Waals surface area contributed by atoms with Gasteiger partial charge in [0.2, 0.25) is 0 Å². The molecule has 0 radical (unpaired) electrons. The van der Waals surface area contributed by atoms with E-state index in [1.807, 2.05) is 0 Å². The van der Waals surface area contributed by atoms with E-state index in [1.54, 1.807) is 18.2 Å². The Hall–Kier alpha value is -1.02. The number of halogens is 1. The van der Waals surface area contributed by atoms with Crippen molar-refractivity contribution in [1.29, 1.82) is 0 Å². The van der Waals surface area contributed by atoms with Gasteiger partial charge in [-0.2, -0.15) is 0 Å². The van der Waals surface area contributed by atoms with Crippen molar-refractivity contribution in [1.82, 2.24) is 0 Å². The average molecular weight is 266 g/mol. The Morgan fingerprint density at radius 1 is 1.22 bits per heavy atom. The first-order valence-corrected chi connectivity index (χ1v) is 6.94. The number of nitrogens with two attached hydrogens (primary N) is 1. The summed E-state index contributed by atoms with van der Waals surface area (Å²) in [5.41, 5.74) is 7.02. The molecule has 2 atom stereocenters. The number of hydrogen-bond donors (Lipinski definition) is 1. The third kappa shape index (κ3) is 2.86. The van der Waals surface area contributed by atoms with Gasteiger partial charge >= 0.3 is 0 Å². The third-order valence-electron chi connectivity index (χ3n) is 3.83. The van der Waals surface area contributed by atoms with Crippen LogP contribution in [-0.4, -0.2) is 5.78 Å². The average Bonchev–Trinajstić information content (AvgIpc) is 2.26. The predicted molar refractivity (Wildman–Crippen MR) is 75.9 cm³/mol. The molecule has 2 rings (SSSR count). The molecule has 0 spiro atoms. The number of benzene rings is 1. The molecule has 2 N–H and O–H groups in total. The fourth-order valence-electron chi connectivity index (χ4n) is 3.14. The molecule has 0 aliphatic heterocycles. The standard InChI is InChI=1S/C15H20ClNO/c1-9-5-10(2)7-11(6-9)15(18)13-4-3-12(16)8-14(13)17/h3-4,8-11H,5-7,17H2,1-2H3. The maximum atomic E-state index is 12.5. The Morgan fingerprint density at radius 3 is 2.39 bits per heavy atom. The van der Waals surface area contributed by atoms with Crippen LogP contribution in [0.3, 0.4) is 0 Å². The number of nitrogen functional groups attached to an aromatic ring is 1. The summed E-state index contributed by atoms with van der Waals surface area (Å²) in [6.07, 6.45) is 3.18. The van der Waals surface area contributed by atoms with Crippen molar-refractivity contribution in [2.24, 2.45) is 17.8 Å². The maximum absolute atomic E-state index is 12.5. The van der Waals surface area contributed by atoms with Crippen molar-refractivity contribution in [3.05, 3.63) is 28.8 Å². The molecule has 1 fully saturated rings. The molecule has 2 nitrogen and oxygen atoms in total. The number of Topliss-reactive ketones (excluding diaryl/α,β-unsaturated/α-hetero) is 1. The molecular formula is C15H20ClNO. The quantitative estimate of drug-likeness (QED) is 0.644. The van der Waals surface area contributed by atoms with Gasteiger partial charge in [-0.15, -0.1) is 0 Å². The molecule has 1 aromatic rings. The van der Waals surface area contributed by atoms with Crippen molar-refractivity contribution >= 4 is 23.1 Å². The van der Waals surface area contributed by atoms with Gasteiger partial charge in [-0.25, -0.2) is 0 Å². The minimum atomic E-state index is 0.118. The summed E-state index contributed by atoms with van der Waals surface area (Å²) in [6.45, 7) is 4.45. The summed E-state index contributed by atoms with van der Waals surface area (Å²) >= 11 is 5.86. The van der Waals surface area contributed by atoms with Crippen LogP contribution in [-0.2, 0) is 0 Å². The van der Waals surface area contributed by atoms with Gasteiger partial charge < -0.3 is 5.73 Å². The fraction of sp³-hybridized carbons (Fsp3) is 0.533. The molecule has 1 aliphatic rings. The van der Waals surface area contributed by atoms with Gasteiger partial charge in [-0.3, -0.25) is 4.79 Å². The number of ketones is 1. The van der Waals surface area contributed by atoms with E-state index in [1.165, 1.54) is 6.42 Å². The molecule has 0 heterocycles. The van der Waals surface area contributed by atoms with Crippen molar-refractivity contribution in [2.45, 2.75) is 33.1 Å². The van der Waals surface area contributed by atoms with Gasteiger partial charge in [0.05, 0.1) is 0 Å². The minimum absolute atomic E-state index is 0.118. The Balaban J connectivity index is 2.20. The van der Waals surface area contributed by atoms with Crippen LogP contribution in [0.5, 0.6) is 0 Å². The van der Waals surface area contributed by atoms with Gasteiger partial charge in [-0.05, 0) is 49.3 Å². The highest BCUT2D eigenvalue weighted by Crippen LogP contribution is 2.35. The summed E-state index contributed by atoms with van der Waals surface area (Å²) in [5, 5.41) is 0.578. The maximum Gasteiger partial charge on any atom is 0.168 e. The molecule has 1 aliphatic carbocycles. The summed E-state index contributed by atoms with van der Waals surface area (Å²) in [7, 11) is 0. The molecule has 0 aromatic heterocycles. The van der Waals surface area contributed by atoms with E-state index in [2.05, 4.69) is 13.8 Å². The summed E-state index contributed by atoms with van der Waals surface area (Å²) in [6, 6.07) is 5.15. The zero-order chi connectivity index (χ0) is 13.3. The van der Waals surface area contributed by atoms with Crippen molar-refractivity contribution < 1.29 is 4.79 Å². The van der Waals surface area contributed by atoms with Crippen LogP contribution >= 0.6 is 11.6 Å². The Labute approximate surface area is 114 Å². The van der Waals surface area contributed by atoms with Gasteiger partial charge in [0.25, 0.3) is 0 Å². The molecule has 0 bridgehead atoms. The van der Waals surface area contributed by atoms with E-state index in [9.17, 15) is 4.79 Å². The SMILES string of the molecule is CC1CC(C)CC(C(=O)c2ccc(Cl)cc2N)C1. The lowest BCUT2D eigenvalue weighted by atomic mass is 9.74. The zero-order valence-electron chi connectivity index (χ0n) is 10.9. The molecule has 98 valence electrons. The largest absolute Gasteiger partial charge is 0.398 e. The second-order valence-corrected chi connectivity index (χ2v) is 6.15. The van der Waals surface area contributed by atoms with Crippen molar-refractivity contribution in [3.8, 4) is 0 Å². The molecular weight excluding hydrogens is 246 g/mol.